The summed E-state index contributed by atoms with van der Waals surface area (Å²) < 4.78 is 0. The molecule has 0 aromatic heterocycles. The van der Waals surface area contributed by atoms with E-state index < -0.39 is 0 Å². The molecule has 0 saturated carbocycles. The Morgan fingerprint density at radius 1 is 1.25 bits per heavy atom. The molecule has 0 fully saturated rings. The van der Waals surface area contributed by atoms with Crippen LogP contribution in [0.3, 0.4) is 0 Å². The van der Waals surface area contributed by atoms with Gasteiger partial charge >= 0.3 is 0 Å². The van der Waals surface area contributed by atoms with Gasteiger partial charge < -0.3 is 0 Å². The summed E-state index contributed by atoms with van der Waals surface area (Å²) in [5.41, 5.74) is 0.442. The van der Waals surface area contributed by atoms with E-state index in [1.165, 1.54) is 25.9 Å². The molecule has 0 N–H and O–H groups in total. The molecule has 0 aliphatic rings. The van der Waals surface area contributed by atoms with Crippen LogP contribution in [0.25, 0.3) is 0 Å². The molecule has 74 valence electrons. The van der Waals surface area contributed by atoms with Crippen molar-refractivity contribution < 1.29 is 0 Å². The van der Waals surface area contributed by atoms with Gasteiger partial charge in [-0.15, -0.1) is 0 Å². The molecular weight excluding hydrogens is 166 g/mol. The Morgan fingerprint density at radius 2 is 1.83 bits per heavy atom. The predicted octanol–water partition coefficient (Wildman–Crippen LogP) is 3.02. The first-order valence-electron chi connectivity index (χ1n) is 4.89. The number of nitrogens with zero attached hydrogens (tertiary/aromatic N) is 1. The van der Waals surface area contributed by atoms with E-state index in [9.17, 15) is 0 Å². The molecule has 0 rings (SSSR count). The Morgan fingerprint density at radius 3 is 2.17 bits per heavy atom. The van der Waals surface area contributed by atoms with Crippen molar-refractivity contribution in [3.05, 3.63) is 0 Å². The fourth-order valence-corrected chi connectivity index (χ4v) is 1.47. The topological polar surface area (TPSA) is 3.24 Å². The highest BCUT2D eigenvalue weighted by Gasteiger charge is 2.18. The third kappa shape index (κ3) is 5.04. The zero-order valence-electron chi connectivity index (χ0n) is 8.93. The molecule has 0 saturated heterocycles. The van der Waals surface area contributed by atoms with Crippen molar-refractivity contribution in [1.82, 2.24) is 4.90 Å². The fraction of sp³-hybridized carbons (Fsp3) is 1.00. The highest BCUT2D eigenvalue weighted by Crippen LogP contribution is 2.21. The van der Waals surface area contributed by atoms with Crippen molar-refractivity contribution in [3.63, 3.8) is 0 Å². The molecule has 0 aliphatic carbocycles. The molecule has 0 atom stereocenters. The SMILES string of the molecule is CCCN(CS)CC(C)(C)CC. The third-order valence-corrected chi connectivity index (χ3v) is 2.75. The zero-order chi connectivity index (χ0) is 9.61. The molecule has 0 radical (unpaired) electrons. The molecule has 0 aliphatic heterocycles. The van der Waals surface area contributed by atoms with Crippen LogP contribution < -0.4 is 0 Å². The molecule has 0 heterocycles. The first-order valence-corrected chi connectivity index (χ1v) is 5.52. The first-order chi connectivity index (χ1) is 5.55. The van der Waals surface area contributed by atoms with Gasteiger partial charge in [-0.2, -0.15) is 12.6 Å². The van der Waals surface area contributed by atoms with Gasteiger partial charge in [-0.05, 0) is 24.8 Å². The minimum atomic E-state index is 0.442. The number of hydrogen-bond acceptors (Lipinski definition) is 2. The zero-order valence-corrected chi connectivity index (χ0v) is 9.82. The van der Waals surface area contributed by atoms with Crippen LogP contribution in [-0.2, 0) is 0 Å². The molecule has 1 nitrogen and oxygen atoms in total. The van der Waals surface area contributed by atoms with Crippen LogP contribution in [0.2, 0.25) is 0 Å². The highest BCUT2D eigenvalue weighted by molar-refractivity contribution is 7.80. The van der Waals surface area contributed by atoms with Gasteiger partial charge in [-0.3, -0.25) is 4.90 Å². The van der Waals surface area contributed by atoms with Gasteiger partial charge in [0.05, 0.1) is 0 Å². The standard InChI is InChI=1S/C10H23NS/c1-5-7-11(9-12)8-10(3,4)6-2/h12H,5-9H2,1-4H3. The van der Waals surface area contributed by atoms with Gasteiger partial charge in [0.15, 0.2) is 0 Å². The van der Waals surface area contributed by atoms with E-state index >= 15 is 0 Å². The molecule has 0 unspecified atom stereocenters. The maximum atomic E-state index is 4.33. The summed E-state index contributed by atoms with van der Waals surface area (Å²) in [6, 6.07) is 0. The summed E-state index contributed by atoms with van der Waals surface area (Å²) in [6.07, 6.45) is 2.46. The average Bonchev–Trinajstić information content (AvgIpc) is 2.03. The van der Waals surface area contributed by atoms with Crippen molar-refractivity contribution in [1.29, 1.82) is 0 Å². The Bertz CT molecular complexity index is 112. The number of rotatable bonds is 6. The smallest absolute Gasteiger partial charge is 0.0414 e. The normalized spacial score (nSPS) is 12.5. The van der Waals surface area contributed by atoms with E-state index in [2.05, 4.69) is 45.2 Å². The minimum Gasteiger partial charge on any atom is -0.294 e. The summed E-state index contributed by atoms with van der Waals surface area (Å²) in [6.45, 7) is 11.4. The number of hydrogen-bond donors (Lipinski definition) is 1. The van der Waals surface area contributed by atoms with E-state index in [1.54, 1.807) is 0 Å². The molecular formula is C10H23NS. The van der Waals surface area contributed by atoms with E-state index in [0.717, 1.165) is 5.88 Å². The largest absolute Gasteiger partial charge is 0.294 e. The van der Waals surface area contributed by atoms with Crippen LogP contribution in [0.15, 0.2) is 0 Å². The molecule has 2 heteroatoms. The van der Waals surface area contributed by atoms with Gasteiger partial charge in [0.2, 0.25) is 0 Å². The molecule has 0 aromatic rings. The van der Waals surface area contributed by atoms with Crippen molar-refractivity contribution in [2.45, 2.75) is 40.5 Å². The molecule has 12 heavy (non-hydrogen) atoms. The predicted molar refractivity (Wildman–Crippen MR) is 59.8 cm³/mol. The van der Waals surface area contributed by atoms with Crippen molar-refractivity contribution in [3.8, 4) is 0 Å². The summed E-state index contributed by atoms with van der Waals surface area (Å²) in [4.78, 5) is 2.41. The summed E-state index contributed by atoms with van der Waals surface area (Å²) in [7, 11) is 0. The lowest BCUT2D eigenvalue weighted by Gasteiger charge is -2.30. The monoisotopic (exact) mass is 189 g/mol. The Balaban J connectivity index is 3.83. The van der Waals surface area contributed by atoms with E-state index in [1.807, 2.05) is 0 Å². The van der Waals surface area contributed by atoms with Crippen LogP contribution in [-0.4, -0.2) is 23.9 Å². The van der Waals surface area contributed by atoms with Gasteiger partial charge in [-0.25, -0.2) is 0 Å². The van der Waals surface area contributed by atoms with Crippen molar-refractivity contribution >= 4 is 12.6 Å². The van der Waals surface area contributed by atoms with E-state index in [0.29, 0.717) is 5.41 Å². The second kappa shape index (κ2) is 5.87. The van der Waals surface area contributed by atoms with E-state index in [4.69, 9.17) is 0 Å². The number of thiol groups is 1. The summed E-state index contributed by atoms with van der Waals surface area (Å²) in [5.74, 6) is 0.886. The Labute approximate surface area is 82.9 Å². The lowest BCUT2D eigenvalue weighted by molar-refractivity contribution is 0.198. The van der Waals surface area contributed by atoms with Crippen LogP contribution in [0.1, 0.15) is 40.5 Å². The van der Waals surface area contributed by atoms with Gasteiger partial charge in [0.25, 0.3) is 0 Å². The van der Waals surface area contributed by atoms with Gasteiger partial charge in [0.1, 0.15) is 0 Å². The van der Waals surface area contributed by atoms with Crippen LogP contribution in [0, 0.1) is 5.41 Å². The molecule has 0 amide bonds. The fourth-order valence-electron chi connectivity index (χ4n) is 1.23. The second-order valence-corrected chi connectivity index (χ2v) is 4.49. The van der Waals surface area contributed by atoms with Gasteiger partial charge in [0, 0.05) is 12.4 Å². The first kappa shape index (κ1) is 12.3. The second-order valence-electron chi connectivity index (χ2n) is 4.21. The lowest BCUT2D eigenvalue weighted by atomic mass is 9.90. The summed E-state index contributed by atoms with van der Waals surface area (Å²) in [5, 5.41) is 0. The quantitative estimate of drug-likeness (QED) is 0.496. The average molecular weight is 189 g/mol. The Kier molecular flexibility index (Phi) is 6.02. The molecule has 0 aromatic carbocycles. The summed E-state index contributed by atoms with van der Waals surface area (Å²) >= 11 is 4.33. The van der Waals surface area contributed by atoms with Crippen LogP contribution in [0.5, 0.6) is 0 Å². The Hall–Kier alpha value is 0.310. The third-order valence-electron chi connectivity index (χ3n) is 2.35. The van der Waals surface area contributed by atoms with Crippen LogP contribution >= 0.6 is 12.6 Å². The van der Waals surface area contributed by atoms with Crippen LogP contribution in [0.4, 0.5) is 0 Å². The maximum absolute atomic E-state index is 4.33. The molecule has 0 bridgehead atoms. The van der Waals surface area contributed by atoms with Crippen molar-refractivity contribution in [2.75, 3.05) is 19.0 Å². The van der Waals surface area contributed by atoms with Gasteiger partial charge in [-0.1, -0.05) is 27.7 Å². The van der Waals surface area contributed by atoms with Crippen molar-refractivity contribution in [2.24, 2.45) is 5.41 Å². The maximum Gasteiger partial charge on any atom is 0.0414 e. The minimum absolute atomic E-state index is 0.442. The van der Waals surface area contributed by atoms with E-state index in [-0.39, 0.29) is 0 Å². The highest BCUT2D eigenvalue weighted by atomic mass is 32.1. The lowest BCUT2D eigenvalue weighted by Crippen LogP contribution is -2.33. The molecule has 0 spiro atoms.